The Labute approximate surface area is 115 Å². The van der Waals surface area contributed by atoms with Crippen LogP contribution in [0, 0.1) is 0 Å². The minimum absolute atomic E-state index is 0.885. The molecular weight excluding hydrogens is 290 g/mol. The van der Waals surface area contributed by atoms with E-state index in [9.17, 15) is 0 Å². The van der Waals surface area contributed by atoms with Crippen molar-refractivity contribution in [2.45, 2.75) is 12.8 Å². The lowest BCUT2D eigenvalue weighted by molar-refractivity contribution is 0.302. The first-order valence-electron chi connectivity index (χ1n) is 6.38. The molecule has 0 aliphatic carbocycles. The van der Waals surface area contributed by atoms with E-state index in [2.05, 4.69) is 45.1 Å². The van der Waals surface area contributed by atoms with Gasteiger partial charge in [-0.1, -0.05) is 30.4 Å². The maximum Gasteiger partial charge on any atom is 0.173 e. The van der Waals surface area contributed by atoms with Crippen molar-refractivity contribution in [3.05, 3.63) is 46.7 Å². The molecule has 1 aliphatic rings. The van der Waals surface area contributed by atoms with Crippen molar-refractivity contribution in [1.29, 1.82) is 0 Å². The van der Waals surface area contributed by atoms with Crippen LogP contribution in [0.15, 0.2) is 45.5 Å². The van der Waals surface area contributed by atoms with Gasteiger partial charge in [0.25, 0.3) is 0 Å². The molecule has 0 atom stereocenters. The van der Waals surface area contributed by atoms with Gasteiger partial charge in [0.05, 0.1) is 0 Å². The first-order chi connectivity index (χ1) is 8.84. The Kier molecular flexibility index (Phi) is 3.52. The second-order valence-electron chi connectivity index (χ2n) is 4.66. The van der Waals surface area contributed by atoms with Crippen molar-refractivity contribution >= 4 is 26.9 Å². The van der Waals surface area contributed by atoms with Crippen LogP contribution in [0.25, 0.3) is 11.0 Å². The van der Waals surface area contributed by atoms with Gasteiger partial charge >= 0.3 is 0 Å². The summed E-state index contributed by atoms with van der Waals surface area (Å²) >= 11 is 3.54. The van der Waals surface area contributed by atoms with Crippen molar-refractivity contribution in [2.24, 2.45) is 0 Å². The Morgan fingerprint density at radius 1 is 1.22 bits per heavy atom. The molecule has 0 spiro atoms. The summed E-state index contributed by atoms with van der Waals surface area (Å²) in [5.74, 6) is 0. The van der Waals surface area contributed by atoms with E-state index in [-0.39, 0.29) is 0 Å². The Hall–Kier alpha value is -1.06. The topological polar surface area (TPSA) is 16.4 Å². The van der Waals surface area contributed by atoms with E-state index in [0.717, 1.165) is 29.8 Å². The summed E-state index contributed by atoms with van der Waals surface area (Å²) in [7, 11) is 0. The molecule has 1 aliphatic heterocycles. The van der Waals surface area contributed by atoms with Crippen LogP contribution in [-0.2, 0) is 6.42 Å². The van der Waals surface area contributed by atoms with Gasteiger partial charge in [-0.05, 0) is 34.8 Å². The lowest BCUT2D eigenvalue weighted by atomic mass is 10.1. The van der Waals surface area contributed by atoms with Gasteiger partial charge in [0.15, 0.2) is 4.67 Å². The standard InChI is InChI=1S/C15H16BrNO/c16-15-13(8-11-17-9-4-1-5-10-17)12-6-2-3-7-14(12)18-15/h1-4,6-7H,5,8-11H2. The maximum absolute atomic E-state index is 5.72. The van der Waals surface area contributed by atoms with Gasteiger partial charge in [0.1, 0.15) is 5.58 Å². The molecule has 0 unspecified atom stereocenters. The third-order valence-electron chi connectivity index (χ3n) is 3.47. The molecule has 1 aromatic carbocycles. The zero-order chi connectivity index (χ0) is 12.4. The quantitative estimate of drug-likeness (QED) is 0.797. The molecule has 2 aromatic rings. The van der Waals surface area contributed by atoms with Crippen LogP contribution in [0.3, 0.4) is 0 Å². The summed E-state index contributed by atoms with van der Waals surface area (Å²) in [4.78, 5) is 2.48. The molecule has 2 nitrogen and oxygen atoms in total. The van der Waals surface area contributed by atoms with E-state index in [0.29, 0.717) is 0 Å². The maximum atomic E-state index is 5.72. The van der Waals surface area contributed by atoms with Crippen LogP contribution >= 0.6 is 15.9 Å². The Morgan fingerprint density at radius 2 is 2.11 bits per heavy atom. The van der Waals surface area contributed by atoms with Crippen LogP contribution in [-0.4, -0.2) is 24.5 Å². The number of furan rings is 1. The number of fused-ring (bicyclic) bond motifs is 1. The number of hydrogen-bond donors (Lipinski definition) is 0. The van der Waals surface area contributed by atoms with E-state index in [1.807, 2.05) is 12.1 Å². The summed E-state index contributed by atoms with van der Waals surface area (Å²) in [5.41, 5.74) is 2.26. The highest BCUT2D eigenvalue weighted by molar-refractivity contribution is 9.10. The van der Waals surface area contributed by atoms with Crippen molar-refractivity contribution in [3.8, 4) is 0 Å². The molecule has 0 saturated carbocycles. The van der Waals surface area contributed by atoms with Gasteiger partial charge in [-0.15, -0.1) is 0 Å². The molecule has 0 N–H and O–H groups in total. The van der Waals surface area contributed by atoms with Gasteiger partial charge in [-0.25, -0.2) is 0 Å². The van der Waals surface area contributed by atoms with Crippen molar-refractivity contribution in [1.82, 2.24) is 4.90 Å². The van der Waals surface area contributed by atoms with Crippen LogP contribution in [0.4, 0.5) is 0 Å². The normalized spacial score (nSPS) is 16.5. The zero-order valence-corrected chi connectivity index (χ0v) is 11.8. The molecule has 0 fully saturated rings. The zero-order valence-electron chi connectivity index (χ0n) is 10.2. The van der Waals surface area contributed by atoms with Gasteiger partial charge in [-0.2, -0.15) is 0 Å². The predicted molar refractivity (Wildman–Crippen MR) is 77.8 cm³/mol. The summed E-state index contributed by atoms with van der Waals surface area (Å²) in [5, 5.41) is 1.23. The third-order valence-corrected chi connectivity index (χ3v) is 4.11. The second-order valence-corrected chi connectivity index (χ2v) is 5.38. The molecule has 0 amide bonds. The van der Waals surface area contributed by atoms with E-state index in [1.54, 1.807) is 0 Å². The Morgan fingerprint density at radius 3 is 2.94 bits per heavy atom. The Balaban J connectivity index is 1.77. The molecule has 0 bridgehead atoms. The summed E-state index contributed by atoms with van der Waals surface area (Å²) in [6.07, 6.45) is 6.73. The fourth-order valence-electron chi connectivity index (χ4n) is 2.46. The van der Waals surface area contributed by atoms with Crippen molar-refractivity contribution < 1.29 is 4.42 Å². The number of benzene rings is 1. The lowest BCUT2D eigenvalue weighted by Crippen LogP contribution is -2.29. The highest BCUT2D eigenvalue weighted by Crippen LogP contribution is 2.30. The fourth-order valence-corrected chi connectivity index (χ4v) is 3.05. The summed E-state index contributed by atoms with van der Waals surface area (Å²) < 4.78 is 6.61. The Bertz CT molecular complexity index is 573. The minimum Gasteiger partial charge on any atom is -0.449 e. The first-order valence-corrected chi connectivity index (χ1v) is 7.17. The highest BCUT2D eigenvalue weighted by atomic mass is 79.9. The monoisotopic (exact) mass is 305 g/mol. The van der Waals surface area contributed by atoms with E-state index >= 15 is 0 Å². The van der Waals surface area contributed by atoms with Gasteiger partial charge in [0, 0.05) is 30.6 Å². The third kappa shape index (κ3) is 2.38. The predicted octanol–water partition coefficient (Wildman–Crippen LogP) is 4.00. The number of para-hydroxylation sites is 1. The van der Waals surface area contributed by atoms with E-state index in [4.69, 9.17) is 4.42 Å². The van der Waals surface area contributed by atoms with Gasteiger partial charge in [-0.3, -0.25) is 4.90 Å². The van der Waals surface area contributed by atoms with E-state index in [1.165, 1.54) is 23.9 Å². The number of rotatable bonds is 3. The van der Waals surface area contributed by atoms with Crippen LogP contribution in [0.1, 0.15) is 12.0 Å². The summed E-state index contributed by atoms with van der Waals surface area (Å²) in [6, 6.07) is 8.23. The van der Waals surface area contributed by atoms with E-state index < -0.39 is 0 Å². The van der Waals surface area contributed by atoms with Gasteiger partial charge < -0.3 is 4.42 Å². The molecule has 1 aromatic heterocycles. The molecule has 3 heteroatoms. The van der Waals surface area contributed by atoms with Crippen molar-refractivity contribution in [3.63, 3.8) is 0 Å². The number of hydrogen-bond acceptors (Lipinski definition) is 2. The second kappa shape index (κ2) is 5.29. The first kappa shape index (κ1) is 12.0. The van der Waals surface area contributed by atoms with Crippen LogP contribution in [0.2, 0.25) is 0 Å². The fraction of sp³-hybridized carbons (Fsp3) is 0.333. The smallest absolute Gasteiger partial charge is 0.173 e. The SMILES string of the molecule is Brc1oc2ccccc2c1CCN1CC=CCC1. The molecule has 2 heterocycles. The lowest BCUT2D eigenvalue weighted by Gasteiger charge is -2.22. The summed E-state index contributed by atoms with van der Waals surface area (Å²) in [6.45, 7) is 3.34. The number of halogens is 1. The van der Waals surface area contributed by atoms with Crippen LogP contribution in [0.5, 0.6) is 0 Å². The largest absolute Gasteiger partial charge is 0.449 e. The van der Waals surface area contributed by atoms with Crippen molar-refractivity contribution in [2.75, 3.05) is 19.6 Å². The molecule has 3 rings (SSSR count). The molecule has 94 valence electrons. The molecule has 0 saturated heterocycles. The highest BCUT2D eigenvalue weighted by Gasteiger charge is 2.13. The van der Waals surface area contributed by atoms with Crippen LogP contribution < -0.4 is 0 Å². The number of nitrogens with zero attached hydrogens (tertiary/aromatic N) is 1. The average Bonchev–Trinajstić information content (AvgIpc) is 2.73. The molecule has 0 radical (unpaired) electrons. The average molecular weight is 306 g/mol. The minimum atomic E-state index is 0.885. The van der Waals surface area contributed by atoms with Gasteiger partial charge in [0.2, 0.25) is 0 Å². The molecular formula is C15H16BrNO. The molecule has 18 heavy (non-hydrogen) atoms.